The van der Waals surface area contributed by atoms with E-state index in [1.807, 2.05) is 0 Å². The first kappa shape index (κ1) is 20.3. The minimum atomic E-state index is -0.756. The van der Waals surface area contributed by atoms with Gasteiger partial charge in [-0.3, -0.25) is 19.3 Å². The maximum absolute atomic E-state index is 12.4. The van der Waals surface area contributed by atoms with Gasteiger partial charge in [0.25, 0.3) is 11.8 Å². The number of ether oxygens (including phenoxy) is 1. The molecule has 1 aromatic rings. The van der Waals surface area contributed by atoms with Crippen LogP contribution in [-0.4, -0.2) is 35.8 Å². The molecule has 5 nitrogen and oxygen atoms in total. The molecule has 9 heteroatoms. The van der Waals surface area contributed by atoms with Crippen molar-refractivity contribution in [3.8, 4) is 0 Å². The van der Waals surface area contributed by atoms with E-state index >= 15 is 0 Å². The van der Waals surface area contributed by atoms with Gasteiger partial charge in [-0.25, -0.2) is 0 Å². The highest BCUT2D eigenvalue weighted by molar-refractivity contribution is 6.55. The van der Waals surface area contributed by atoms with Crippen LogP contribution in [0.2, 0.25) is 20.1 Å². The third-order valence-electron chi connectivity index (χ3n) is 3.73. The summed E-state index contributed by atoms with van der Waals surface area (Å²) in [5.74, 6) is -2.20. The average Bonchev–Trinajstić information content (AvgIpc) is 2.82. The first-order chi connectivity index (χ1) is 11.8. The lowest BCUT2D eigenvalue weighted by Crippen LogP contribution is -2.35. The molecular weight excluding hydrogens is 412 g/mol. The first-order valence-corrected chi connectivity index (χ1v) is 9.20. The number of hydrogen-bond donors (Lipinski definition) is 0. The summed E-state index contributed by atoms with van der Waals surface area (Å²) in [6.07, 6.45) is 3.79. The first-order valence-electron chi connectivity index (χ1n) is 7.69. The second-order valence-corrected chi connectivity index (χ2v) is 7.00. The van der Waals surface area contributed by atoms with E-state index in [4.69, 9.17) is 51.1 Å². The van der Waals surface area contributed by atoms with Crippen LogP contribution in [0.5, 0.6) is 0 Å². The predicted molar refractivity (Wildman–Crippen MR) is 97.0 cm³/mol. The summed E-state index contributed by atoms with van der Waals surface area (Å²) in [4.78, 5) is 37.5. The molecule has 0 saturated carbocycles. The van der Waals surface area contributed by atoms with Gasteiger partial charge in [-0.2, -0.15) is 0 Å². The van der Waals surface area contributed by atoms with Crippen LogP contribution in [0, 0.1) is 0 Å². The summed E-state index contributed by atoms with van der Waals surface area (Å²) in [6.45, 7) is 1.78. The zero-order valence-corrected chi connectivity index (χ0v) is 16.4. The van der Waals surface area contributed by atoms with Crippen molar-refractivity contribution in [3.05, 3.63) is 31.2 Å². The molecular formula is C16H15Cl4NO4. The van der Waals surface area contributed by atoms with Gasteiger partial charge in [0.1, 0.15) is 6.54 Å². The van der Waals surface area contributed by atoms with E-state index in [9.17, 15) is 14.4 Å². The Bertz CT molecular complexity index is 689. The number of imide groups is 1. The topological polar surface area (TPSA) is 63.7 Å². The summed E-state index contributed by atoms with van der Waals surface area (Å²) in [5, 5.41) is -0.568. The Morgan fingerprint density at radius 1 is 0.880 bits per heavy atom. The highest BCUT2D eigenvalue weighted by atomic mass is 35.5. The van der Waals surface area contributed by atoms with Crippen LogP contribution >= 0.6 is 46.4 Å². The monoisotopic (exact) mass is 425 g/mol. The molecule has 0 N–H and O–H groups in total. The highest BCUT2D eigenvalue weighted by Gasteiger charge is 2.42. The SMILES string of the molecule is CCCCCCOC(=O)CN1C(=O)c2c(Cl)c(Cl)c(Cl)c(Cl)c2C1=O. The summed E-state index contributed by atoms with van der Waals surface area (Å²) >= 11 is 23.9. The van der Waals surface area contributed by atoms with Crippen molar-refractivity contribution in [3.63, 3.8) is 0 Å². The largest absolute Gasteiger partial charge is 0.464 e. The Morgan fingerprint density at radius 3 is 1.88 bits per heavy atom. The lowest BCUT2D eigenvalue weighted by atomic mass is 10.1. The minimum Gasteiger partial charge on any atom is -0.464 e. The van der Waals surface area contributed by atoms with Gasteiger partial charge in [0.05, 0.1) is 37.8 Å². The molecule has 136 valence electrons. The second kappa shape index (κ2) is 8.58. The van der Waals surface area contributed by atoms with Gasteiger partial charge >= 0.3 is 5.97 Å². The molecule has 2 rings (SSSR count). The molecule has 1 heterocycles. The van der Waals surface area contributed by atoms with Crippen LogP contribution < -0.4 is 0 Å². The molecule has 0 unspecified atom stereocenters. The normalized spacial score (nSPS) is 13.4. The number of esters is 1. The van der Waals surface area contributed by atoms with E-state index in [-0.39, 0.29) is 37.8 Å². The molecule has 0 spiro atoms. The van der Waals surface area contributed by atoms with Gasteiger partial charge in [-0.1, -0.05) is 72.6 Å². The van der Waals surface area contributed by atoms with Gasteiger partial charge < -0.3 is 4.74 Å². The van der Waals surface area contributed by atoms with Crippen LogP contribution in [-0.2, 0) is 9.53 Å². The zero-order chi connectivity index (χ0) is 18.7. The molecule has 0 saturated heterocycles. The Labute approximate surface area is 165 Å². The molecule has 0 aromatic heterocycles. The number of fused-ring (bicyclic) bond motifs is 1. The number of unbranched alkanes of at least 4 members (excludes halogenated alkanes) is 3. The van der Waals surface area contributed by atoms with Crippen LogP contribution in [0.15, 0.2) is 0 Å². The van der Waals surface area contributed by atoms with Crippen molar-refractivity contribution in [2.24, 2.45) is 0 Å². The fourth-order valence-electron chi connectivity index (χ4n) is 2.43. The number of nitrogens with zero attached hydrogens (tertiary/aromatic N) is 1. The van der Waals surface area contributed by atoms with Crippen molar-refractivity contribution in [2.75, 3.05) is 13.2 Å². The number of carbonyl (C=O) groups is 3. The van der Waals surface area contributed by atoms with Crippen LogP contribution in [0.1, 0.15) is 53.3 Å². The third kappa shape index (κ3) is 4.05. The van der Waals surface area contributed by atoms with Crippen molar-refractivity contribution in [2.45, 2.75) is 32.6 Å². The molecule has 0 fully saturated rings. The van der Waals surface area contributed by atoms with E-state index in [1.54, 1.807) is 0 Å². The Balaban J connectivity index is 2.11. The maximum atomic E-state index is 12.4. The van der Waals surface area contributed by atoms with E-state index in [0.29, 0.717) is 0 Å². The van der Waals surface area contributed by atoms with Crippen LogP contribution in [0.3, 0.4) is 0 Å². The number of benzene rings is 1. The fourth-order valence-corrected chi connectivity index (χ4v) is 3.44. The van der Waals surface area contributed by atoms with Crippen LogP contribution in [0.25, 0.3) is 0 Å². The van der Waals surface area contributed by atoms with Crippen LogP contribution in [0.4, 0.5) is 0 Å². The van der Waals surface area contributed by atoms with Gasteiger partial charge in [0.2, 0.25) is 0 Å². The standard InChI is InChI=1S/C16H15Cl4NO4/c1-2-3-4-5-6-25-8(22)7-21-15(23)9-10(16(21)24)12(18)14(20)13(19)11(9)17/h2-7H2,1H3. The Morgan fingerprint density at radius 2 is 1.40 bits per heavy atom. The summed E-state index contributed by atoms with van der Waals surface area (Å²) in [7, 11) is 0. The molecule has 0 aliphatic carbocycles. The smallest absolute Gasteiger partial charge is 0.326 e. The summed E-state index contributed by atoms with van der Waals surface area (Å²) in [5.41, 5.74) is -0.302. The van der Waals surface area contributed by atoms with Crippen molar-refractivity contribution < 1.29 is 19.1 Å². The number of amides is 2. The highest BCUT2D eigenvalue weighted by Crippen LogP contribution is 2.44. The molecule has 2 amide bonds. The third-order valence-corrected chi connectivity index (χ3v) is 5.54. The van der Waals surface area contributed by atoms with Gasteiger partial charge in [0, 0.05) is 0 Å². The molecule has 0 radical (unpaired) electrons. The molecule has 0 atom stereocenters. The predicted octanol–water partition coefficient (Wildman–Crippen LogP) is 5.02. The van der Waals surface area contributed by atoms with E-state index < -0.39 is 24.3 Å². The number of hydrogen-bond acceptors (Lipinski definition) is 4. The maximum Gasteiger partial charge on any atom is 0.326 e. The summed E-state index contributed by atoms with van der Waals surface area (Å²) < 4.78 is 5.05. The molecule has 1 aromatic carbocycles. The van der Waals surface area contributed by atoms with Gasteiger partial charge in [-0.05, 0) is 6.42 Å². The zero-order valence-electron chi connectivity index (χ0n) is 13.3. The Hall–Kier alpha value is -1.01. The van der Waals surface area contributed by atoms with Gasteiger partial charge in [0.15, 0.2) is 0 Å². The molecule has 1 aliphatic rings. The van der Waals surface area contributed by atoms with Crippen molar-refractivity contribution in [1.29, 1.82) is 0 Å². The quantitative estimate of drug-likeness (QED) is 0.202. The molecule has 0 bridgehead atoms. The lowest BCUT2D eigenvalue weighted by Gasteiger charge is -2.13. The fraction of sp³-hybridized carbons (Fsp3) is 0.438. The molecule has 1 aliphatic heterocycles. The molecule has 25 heavy (non-hydrogen) atoms. The second-order valence-electron chi connectivity index (χ2n) is 5.48. The van der Waals surface area contributed by atoms with E-state index in [0.717, 1.165) is 30.6 Å². The number of carbonyl (C=O) groups excluding carboxylic acids is 3. The van der Waals surface area contributed by atoms with Crippen molar-refractivity contribution in [1.82, 2.24) is 4.90 Å². The summed E-state index contributed by atoms with van der Waals surface area (Å²) in [6, 6.07) is 0. The average molecular weight is 427 g/mol. The Kier molecular flexibility index (Phi) is 6.97. The minimum absolute atomic E-state index is 0.117. The van der Waals surface area contributed by atoms with Gasteiger partial charge in [-0.15, -0.1) is 0 Å². The lowest BCUT2D eigenvalue weighted by molar-refractivity contribution is -0.144. The van der Waals surface area contributed by atoms with E-state index in [1.165, 1.54) is 0 Å². The number of halogens is 4. The number of rotatable bonds is 7. The van der Waals surface area contributed by atoms with Crippen molar-refractivity contribution >= 4 is 64.2 Å². The van der Waals surface area contributed by atoms with E-state index in [2.05, 4.69) is 6.92 Å².